The Balaban J connectivity index is 1.59. The van der Waals surface area contributed by atoms with Crippen LogP contribution in [0.3, 0.4) is 0 Å². The summed E-state index contributed by atoms with van der Waals surface area (Å²) in [7, 11) is 0. The smallest absolute Gasteiger partial charge is 0.260 e. The van der Waals surface area contributed by atoms with Crippen LogP contribution in [0.2, 0.25) is 0 Å². The highest BCUT2D eigenvalue weighted by Gasteiger charge is 2.28. The lowest BCUT2D eigenvalue weighted by Crippen LogP contribution is -2.41. The Kier molecular flexibility index (Phi) is 4.75. The van der Waals surface area contributed by atoms with Gasteiger partial charge in [-0.3, -0.25) is 4.79 Å². The number of nitriles is 1. The minimum atomic E-state index is -0.104. The number of piperidine rings is 1. The average Bonchev–Trinajstić information content (AvgIpc) is 3.06. The van der Waals surface area contributed by atoms with E-state index >= 15 is 0 Å². The van der Waals surface area contributed by atoms with Crippen LogP contribution in [-0.2, 0) is 4.79 Å². The van der Waals surface area contributed by atoms with Gasteiger partial charge in [0.05, 0.1) is 5.56 Å². The minimum Gasteiger partial charge on any atom is -0.482 e. The van der Waals surface area contributed by atoms with Gasteiger partial charge in [0.25, 0.3) is 5.91 Å². The van der Waals surface area contributed by atoms with Crippen LogP contribution in [0.4, 0.5) is 0 Å². The maximum absolute atomic E-state index is 12.4. The predicted octanol–water partition coefficient (Wildman–Crippen LogP) is 2.03. The van der Waals surface area contributed by atoms with Crippen LogP contribution in [0.5, 0.6) is 5.75 Å². The average molecular weight is 326 g/mol. The minimum absolute atomic E-state index is 0.0866. The topological polar surface area (TPSA) is 92.2 Å². The largest absolute Gasteiger partial charge is 0.482 e. The van der Waals surface area contributed by atoms with Gasteiger partial charge in [0.15, 0.2) is 12.4 Å². The summed E-state index contributed by atoms with van der Waals surface area (Å²) < 4.78 is 10.5. The quantitative estimate of drug-likeness (QED) is 0.853. The van der Waals surface area contributed by atoms with Crippen LogP contribution in [0.1, 0.15) is 36.0 Å². The van der Waals surface area contributed by atoms with E-state index in [4.69, 9.17) is 14.5 Å². The molecular weight excluding hydrogens is 308 g/mol. The summed E-state index contributed by atoms with van der Waals surface area (Å²) in [6.07, 6.45) is 1.82. The number of hydrogen-bond acceptors (Lipinski definition) is 6. The third-order valence-corrected chi connectivity index (χ3v) is 4.04. The van der Waals surface area contributed by atoms with Gasteiger partial charge in [-0.1, -0.05) is 17.3 Å². The zero-order valence-electron chi connectivity index (χ0n) is 13.4. The van der Waals surface area contributed by atoms with Gasteiger partial charge < -0.3 is 14.2 Å². The molecule has 0 bridgehead atoms. The molecule has 0 aliphatic carbocycles. The van der Waals surface area contributed by atoms with Crippen molar-refractivity contribution >= 4 is 5.91 Å². The number of amides is 1. The zero-order valence-corrected chi connectivity index (χ0v) is 13.4. The van der Waals surface area contributed by atoms with Gasteiger partial charge in [0.1, 0.15) is 11.8 Å². The number of nitrogens with zero attached hydrogens (tertiary/aromatic N) is 4. The van der Waals surface area contributed by atoms with Crippen molar-refractivity contribution in [2.45, 2.75) is 25.7 Å². The Labute approximate surface area is 139 Å². The summed E-state index contributed by atoms with van der Waals surface area (Å²) in [4.78, 5) is 18.4. The molecule has 2 aromatic rings. The van der Waals surface area contributed by atoms with Crippen molar-refractivity contribution < 1.29 is 14.1 Å². The second kappa shape index (κ2) is 7.13. The van der Waals surface area contributed by atoms with Gasteiger partial charge in [-0.15, -0.1) is 0 Å². The van der Waals surface area contributed by atoms with Crippen molar-refractivity contribution in [3.63, 3.8) is 0 Å². The predicted molar refractivity (Wildman–Crippen MR) is 84.2 cm³/mol. The monoisotopic (exact) mass is 326 g/mol. The summed E-state index contributed by atoms with van der Waals surface area (Å²) in [5, 5.41) is 13.0. The molecule has 1 aromatic heterocycles. The first-order chi connectivity index (χ1) is 11.7. The first kappa shape index (κ1) is 16.0. The van der Waals surface area contributed by atoms with Crippen molar-refractivity contribution in [2.24, 2.45) is 0 Å². The molecule has 0 radical (unpaired) electrons. The molecule has 3 rings (SSSR count). The molecule has 1 aliphatic heterocycles. The Morgan fingerprint density at radius 2 is 2.33 bits per heavy atom. The number of likely N-dealkylation sites (tertiary alicyclic amines) is 1. The molecule has 0 unspecified atom stereocenters. The van der Waals surface area contributed by atoms with Gasteiger partial charge in [0.2, 0.25) is 5.89 Å². The van der Waals surface area contributed by atoms with Gasteiger partial charge in [-0.25, -0.2) is 0 Å². The van der Waals surface area contributed by atoms with Gasteiger partial charge in [-0.2, -0.15) is 10.2 Å². The van der Waals surface area contributed by atoms with E-state index in [-0.39, 0.29) is 18.4 Å². The van der Waals surface area contributed by atoms with Gasteiger partial charge in [0, 0.05) is 25.9 Å². The Bertz CT molecular complexity index is 765. The van der Waals surface area contributed by atoms with E-state index < -0.39 is 0 Å². The maximum atomic E-state index is 12.4. The zero-order chi connectivity index (χ0) is 16.9. The van der Waals surface area contributed by atoms with E-state index in [1.165, 1.54) is 0 Å². The molecule has 7 heteroatoms. The Morgan fingerprint density at radius 3 is 3.08 bits per heavy atom. The molecule has 2 heterocycles. The van der Waals surface area contributed by atoms with Crippen molar-refractivity contribution in [3.05, 3.63) is 41.5 Å². The van der Waals surface area contributed by atoms with Crippen LogP contribution in [-0.4, -0.2) is 40.6 Å². The summed E-state index contributed by atoms with van der Waals surface area (Å²) >= 11 is 0. The van der Waals surface area contributed by atoms with E-state index in [2.05, 4.69) is 16.2 Å². The molecule has 7 nitrogen and oxygen atoms in total. The highest BCUT2D eigenvalue weighted by atomic mass is 16.5. The number of benzene rings is 1. The number of ether oxygens (including phenoxy) is 1. The number of hydrogen-bond donors (Lipinski definition) is 0. The van der Waals surface area contributed by atoms with E-state index in [0.29, 0.717) is 36.1 Å². The van der Waals surface area contributed by atoms with Crippen LogP contribution in [0.25, 0.3) is 0 Å². The molecule has 1 amide bonds. The summed E-state index contributed by atoms with van der Waals surface area (Å²) in [6.45, 7) is 2.91. The standard InChI is InChI=1S/C17H18N4O3/c1-12-19-17(20-24-12)14-6-4-8-21(10-14)16(22)11-23-15-7-3-2-5-13(15)9-18/h2-3,5,7,14H,4,6,8,10-11H2,1H3/t14-/m0/s1. The van der Waals surface area contributed by atoms with Gasteiger partial charge >= 0.3 is 0 Å². The molecule has 24 heavy (non-hydrogen) atoms. The molecule has 0 N–H and O–H groups in total. The first-order valence-corrected chi connectivity index (χ1v) is 7.87. The van der Waals surface area contributed by atoms with E-state index in [0.717, 1.165) is 12.8 Å². The molecule has 1 saturated heterocycles. The Morgan fingerprint density at radius 1 is 1.50 bits per heavy atom. The van der Waals surface area contributed by atoms with Gasteiger partial charge in [-0.05, 0) is 25.0 Å². The molecule has 0 spiro atoms. The highest BCUT2D eigenvalue weighted by Crippen LogP contribution is 2.25. The van der Waals surface area contributed by atoms with Crippen LogP contribution in [0.15, 0.2) is 28.8 Å². The van der Waals surface area contributed by atoms with Crippen molar-refractivity contribution in [1.82, 2.24) is 15.0 Å². The summed E-state index contributed by atoms with van der Waals surface area (Å²) in [5.41, 5.74) is 0.420. The lowest BCUT2D eigenvalue weighted by molar-refractivity contribution is -0.134. The van der Waals surface area contributed by atoms with Crippen LogP contribution < -0.4 is 4.74 Å². The van der Waals surface area contributed by atoms with Crippen molar-refractivity contribution in [1.29, 1.82) is 5.26 Å². The Hall–Kier alpha value is -2.88. The molecule has 1 aliphatic rings. The van der Waals surface area contributed by atoms with Crippen molar-refractivity contribution in [3.8, 4) is 11.8 Å². The summed E-state index contributed by atoms with van der Waals surface area (Å²) in [6, 6.07) is 8.94. The lowest BCUT2D eigenvalue weighted by Gasteiger charge is -2.31. The van der Waals surface area contributed by atoms with Crippen LogP contribution >= 0.6 is 0 Å². The fourth-order valence-corrected chi connectivity index (χ4v) is 2.81. The fourth-order valence-electron chi connectivity index (χ4n) is 2.81. The van der Waals surface area contributed by atoms with E-state index in [1.807, 2.05) is 0 Å². The molecule has 1 aromatic carbocycles. The molecule has 1 atom stereocenters. The number of aromatic nitrogens is 2. The second-order valence-electron chi connectivity index (χ2n) is 5.75. The molecule has 1 fully saturated rings. The number of carbonyl (C=O) groups is 1. The number of aryl methyl sites for hydroxylation is 1. The number of carbonyl (C=O) groups excluding carboxylic acids is 1. The maximum Gasteiger partial charge on any atom is 0.260 e. The first-order valence-electron chi connectivity index (χ1n) is 7.87. The summed E-state index contributed by atoms with van der Waals surface area (Å²) in [5.74, 6) is 1.60. The third kappa shape index (κ3) is 3.54. The SMILES string of the molecule is Cc1nc([C@H]2CCCN(C(=O)COc3ccccc3C#N)C2)no1. The third-order valence-electron chi connectivity index (χ3n) is 4.04. The van der Waals surface area contributed by atoms with E-state index in [9.17, 15) is 4.79 Å². The molecule has 124 valence electrons. The second-order valence-corrected chi connectivity index (χ2v) is 5.75. The van der Waals surface area contributed by atoms with Crippen molar-refractivity contribution in [2.75, 3.05) is 19.7 Å². The van der Waals surface area contributed by atoms with E-state index in [1.54, 1.807) is 36.1 Å². The molecule has 0 saturated carbocycles. The molecular formula is C17H18N4O3. The fraction of sp³-hybridized carbons (Fsp3) is 0.412. The number of rotatable bonds is 4. The number of para-hydroxylation sites is 1. The normalized spacial score (nSPS) is 17.3. The highest BCUT2D eigenvalue weighted by molar-refractivity contribution is 5.78. The lowest BCUT2D eigenvalue weighted by atomic mass is 9.97. The van der Waals surface area contributed by atoms with Crippen LogP contribution in [0, 0.1) is 18.3 Å².